The molecule has 1 aliphatic carbocycles. The molecule has 5 heteroatoms. The largest absolute Gasteiger partial charge is 0.313 e. The molecular formula is C15H24N2O2S. The Morgan fingerprint density at radius 3 is 2.35 bits per heavy atom. The van der Waals surface area contributed by atoms with Crippen LogP contribution in [0.4, 0.5) is 0 Å². The third kappa shape index (κ3) is 4.89. The van der Waals surface area contributed by atoms with E-state index in [0.717, 1.165) is 6.42 Å². The Kier molecular flexibility index (Phi) is 5.18. The fraction of sp³-hybridized carbons (Fsp3) is 0.600. The maximum absolute atomic E-state index is 12.1. The van der Waals surface area contributed by atoms with Gasteiger partial charge in [0.2, 0.25) is 10.0 Å². The van der Waals surface area contributed by atoms with Crippen molar-refractivity contribution in [2.24, 2.45) is 5.92 Å². The standard InChI is InChI=1S/C15H24N2O2S/c1-12(2)11-13-3-7-15(8-4-13)20(18,19)17-10-9-16-14-5-6-14/h3-4,7-8,12,14,16-17H,5-6,9-11H2,1-2H3. The van der Waals surface area contributed by atoms with Gasteiger partial charge in [0.25, 0.3) is 0 Å². The molecule has 0 spiro atoms. The van der Waals surface area contributed by atoms with Gasteiger partial charge in [-0.2, -0.15) is 0 Å². The lowest BCUT2D eigenvalue weighted by Crippen LogP contribution is -2.32. The Hall–Kier alpha value is -0.910. The third-order valence-corrected chi connectivity index (χ3v) is 4.78. The molecule has 0 amide bonds. The zero-order valence-electron chi connectivity index (χ0n) is 12.2. The van der Waals surface area contributed by atoms with E-state index in [9.17, 15) is 8.42 Å². The monoisotopic (exact) mass is 296 g/mol. The lowest BCUT2D eigenvalue weighted by atomic mass is 10.0. The Balaban J connectivity index is 1.87. The second-order valence-electron chi connectivity index (χ2n) is 5.87. The van der Waals surface area contributed by atoms with Crippen LogP contribution in [0.3, 0.4) is 0 Å². The van der Waals surface area contributed by atoms with E-state index in [2.05, 4.69) is 23.9 Å². The molecule has 112 valence electrons. The first-order valence-electron chi connectivity index (χ1n) is 7.29. The number of rotatable bonds is 8. The second-order valence-corrected chi connectivity index (χ2v) is 7.64. The summed E-state index contributed by atoms with van der Waals surface area (Å²) in [5, 5.41) is 3.28. The van der Waals surface area contributed by atoms with Crippen molar-refractivity contribution in [1.29, 1.82) is 0 Å². The van der Waals surface area contributed by atoms with Crippen LogP contribution in [0.5, 0.6) is 0 Å². The molecule has 0 heterocycles. The van der Waals surface area contributed by atoms with Crippen LogP contribution in [-0.2, 0) is 16.4 Å². The summed E-state index contributed by atoms with van der Waals surface area (Å²) in [6, 6.07) is 7.78. The van der Waals surface area contributed by atoms with Crippen LogP contribution < -0.4 is 10.0 Å². The van der Waals surface area contributed by atoms with E-state index in [1.807, 2.05) is 12.1 Å². The van der Waals surface area contributed by atoms with Gasteiger partial charge in [0.05, 0.1) is 4.90 Å². The minimum absolute atomic E-state index is 0.344. The zero-order valence-corrected chi connectivity index (χ0v) is 13.0. The van der Waals surface area contributed by atoms with Crippen molar-refractivity contribution in [3.05, 3.63) is 29.8 Å². The lowest BCUT2D eigenvalue weighted by molar-refractivity contribution is 0.575. The van der Waals surface area contributed by atoms with E-state index in [-0.39, 0.29) is 0 Å². The van der Waals surface area contributed by atoms with Crippen LogP contribution in [0.1, 0.15) is 32.3 Å². The predicted molar refractivity (Wildman–Crippen MR) is 81.2 cm³/mol. The number of benzene rings is 1. The molecule has 1 aromatic carbocycles. The number of sulfonamides is 1. The van der Waals surface area contributed by atoms with Gasteiger partial charge in [-0.05, 0) is 42.9 Å². The Labute approximate surface area is 122 Å². The van der Waals surface area contributed by atoms with Crippen LogP contribution in [-0.4, -0.2) is 27.5 Å². The molecule has 0 aliphatic heterocycles. The molecule has 1 aromatic rings. The summed E-state index contributed by atoms with van der Waals surface area (Å²) in [7, 11) is -3.37. The van der Waals surface area contributed by atoms with Gasteiger partial charge in [0, 0.05) is 19.1 Å². The molecule has 1 saturated carbocycles. The maximum Gasteiger partial charge on any atom is 0.240 e. The van der Waals surface area contributed by atoms with Crippen molar-refractivity contribution in [2.75, 3.05) is 13.1 Å². The van der Waals surface area contributed by atoms with Gasteiger partial charge in [0.1, 0.15) is 0 Å². The molecule has 0 aromatic heterocycles. The number of hydrogen-bond acceptors (Lipinski definition) is 3. The highest BCUT2D eigenvalue weighted by Gasteiger charge is 2.20. The van der Waals surface area contributed by atoms with Gasteiger partial charge in [-0.15, -0.1) is 0 Å². The molecular weight excluding hydrogens is 272 g/mol. The summed E-state index contributed by atoms with van der Waals surface area (Å²) in [4.78, 5) is 0.344. The zero-order chi connectivity index (χ0) is 14.6. The van der Waals surface area contributed by atoms with E-state index in [1.165, 1.54) is 18.4 Å². The highest BCUT2D eigenvalue weighted by Crippen LogP contribution is 2.18. The van der Waals surface area contributed by atoms with E-state index >= 15 is 0 Å². The summed E-state index contributed by atoms with van der Waals surface area (Å²) in [6.07, 6.45) is 3.40. The first kappa shape index (κ1) is 15.5. The van der Waals surface area contributed by atoms with Crippen LogP contribution in [0.15, 0.2) is 29.2 Å². The van der Waals surface area contributed by atoms with Crippen molar-refractivity contribution in [2.45, 2.75) is 44.0 Å². The van der Waals surface area contributed by atoms with Crippen molar-refractivity contribution in [3.8, 4) is 0 Å². The fourth-order valence-electron chi connectivity index (χ4n) is 2.11. The SMILES string of the molecule is CC(C)Cc1ccc(S(=O)(=O)NCCNC2CC2)cc1. The molecule has 2 rings (SSSR count). The predicted octanol–water partition coefficient (Wildman–Crippen LogP) is 1.92. The molecule has 0 bridgehead atoms. The summed E-state index contributed by atoms with van der Waals surface area (Å²) in [5.41, 5.74) is 1.18. The van der Waals surface area contributed by atoms with Crippen LogP contribution in [0.25, 0.3) is 0 Å². The molecule has 0 atom stereocenters. The van der Waals surface area contributed by atoms with E-state index in [1.54, 1.807) is 12.1 Å². The molecule has 1 fully saturated rings. The van der Waals surface area contributed by atoms with Crippen molar-refractivity contribution >= 4 is 10.0 Å². The molecule has 0 unspecified atom stereocenters. The fourth-order valence-corrected chi connectivity index (χ4v) is 3.14. The topological polar surface area (TPSA) is 58.2 Å². The highest BCUT2D eigenvalue weighted by molar-refractivity contribution is 7.89. The van der Waals surface area contributed by atoms with Crippen molar-refractivity contribution in [3.63, 3.8) is 0 Å². The van der Waals surface area contributed by atoms with Gasteiger partial charge < -0.3 is 5.32 Å². The first-order valence-corrected chi connectivity index (χ1v) is 8.77. The maximum atomic E-state index is 12.1. The van der Waals surface area contributed by atoms with Gasteiger partial charge in [0.15, 0.2) is 0 Å². The smallest absolute Gasteiger partial charge is 0.240 e. The average molecular weight is 296 g/mol. The van der Waals surface area contributed by atoms with Gasteiger partial charge in [-0.3, -0.25) is 0 Å². The normalized spacial score (nSPS) is 15.8. The van der Waals surface area contributed by atoms with Crippen molar-refractivity contribution < 1.29 is 8.42 Å². The van der Waals surface area contributed by atoms with E-state index in [0.29, 0.717) is 29.9 Å². The minimum Gasteiger partial charge on any atom is -0.313 e. The Morgan fingerprint density at radius 1 is 1.15 bits per heavy atom. The first-order chi connectivity index (χ1) is 9.47. The molecule has 20 heavy (non-hydrogen) atoms. The molecule has 2 N–H and O–H groups in total. The summed E-state index contributed by atoms with van der Waals surface area (Å²) in [6.45, 7) is 5.43. The quantitative estimate of drug-likeness (QED) is 0.721. The van der Waals surface area contributed by atoms with Gasteiger partial charge in [-0.1, -0.05) is 26.0 Å². The summed E-state index contributed by atoms with van der Waals surface area (Å²) >= 11 is 0. The molecule has 1 aliphatic rings. The number of nitrogens with one attached hydrogen (secondary N) is 2. The van der Waals surface area contributed by atoms with Gasteiger partial charge >= 0.3 is 0 Å². The average Bonchev–Trinajstić information content (AvgIpc) is 3.19. The molecule has 0 radical (unpaired) electrons. The van der Waals surface area contributed by atoms with Crippen LogP contribution in [0.2, 0.25) is 0 Å². The van der Waals surface area contributed by atoms with Crippen LogP contribution in [0, 0.1) is 5.92 Å². The second kappa shape index (κ2) is 6.70. The van der Waals surface area contributed by atoms with Crippen LogP contribution >= 0.6 is 0 Å². The summed E-state index contributed by atoms with van der Waals surface area (Å²) in [5.74, 6) is 0.573. The van der Waals surface area contributed by atoms with Gasteiger partial charge in [-0.25, -0.2) is 13.1 Å². The lowest BCUT2D eigenvalue weighted by Gasteiger charge is -2.09. The summed E-state index contributed by atoms with van der Waals surface area (Å²) < 4.78 is 26.8. The van der Waals surface area contributed by atoms with Crippen molar-refractivity contribution in [1.82, 2.24) is 10.0 Å². The number of hydrogen-bond donors (Lipinski definition) is 2. The molecule has 0 saturated heterocycles. The van der Waals surface area contributed by atoms with E-state index < -0.39 is 10.0 Å². The van der Waals surface area contributed by atoms with E-state index in [4.69, 9.17) is 0 Å². The Morgan fingerprint density at radius 2 is 1.80 bits per heavy atom. The minimum atomic E-state index is -3.37. The highest BCUT2D eigenvalue weighted by atomic mass is 32.2. The Bertz CT molecular complexity index is 519. The molecule has 4 nitrogen and oxygen atoms in total. The third-order valence-electron chi connectivity index (χ3n) is 3.31.